The smallest absolute Gasteiger partial charge is 0.158 e. The van der Waals surface area contributed by atoms with E-state index in [9.17, 15) is 5.11 Å². The molecule has 17 heavy (non-hydrogen) atoms. The molecule has 0 aromatic carbocycles. The van der Waals surface area contributed by atoms with E-state index in [1.54, 1.807) is 0 Å². The minimum atomic E-state index is -0.700. The molecule has 0 aliphatic carbocycles. The Labute approximate surface area is 108 Å². The lowest BCUT2D eigenvalue weighted by atomic mass is 9.71. The van der Waals surface area contributed by atoms with Crippen LogP contribution in [0.2, 0.25) is 0 Å². The Bertz CT molecular complexity index is 225. The Morgan fingerprint density at radius 3 is 1.53 bits per heavy atom. The highest BCUT2D eigenvalue weighted by atomic mass is 16.6. The average molecular weight is 244 g/mol. The van der Waals surface area contributed by atoms with Crippen LogP contribution < -0.4 is 0 Å². The highest BCUT2D eigenvalue weighted by Gasteiger charge is 2.36. The summed E-state index contributed by atoms with van der Waals surface area (Å²) in [5.41, 5.74) is -0.0705. The molecule has 104 valence electrons. The van der Waals surface area contributed by atoms with Gasteiger partial charge in [-0.25, -0.2) is 0 Å². The van der Waals surface area contributed by atoms with Gasteiger partial charge in [0.1, 0.15) is 0 Å². The van der Waals surface area contributed by atoms with E-state index in [-0.39, 0.29) is 22.3 Å². The summed E-state index contributed by atoms with van der Waals surface area (Å²) in [6.45, 7) is 19.0. The Balaban J connectivity index is 4.82. The van der Waals surface area contributed by atoms with Gasteiger partial charge in [-0.3, -0.25) is 0 Å². The van der Waals surface area contributed by atoms with Gasteiger partial charge in [-0.1, -0.05) is 41.5 Å². The quantitative estimate of drug-likeness (QED) is 0.753. The third-order valence-electron chi connectivity index (χ3n) is 2.76. The maximum absolute atomic E-state index is 10.3. The lowest BCUT2D eigenvalue weighted by molar-refractivity contribution is -0.213. The topological polar surface area (TPSA) is 29.5 Å². The predicted octanol–water partition coefficient (Wildman–Crippen LogP) is 4.22. The molecule has 0 rings (SSSR count). The maximum atomic E-state index is 10.3. The zero-order valence-electron chi connectivity index (χ0n) is 13.2. The van der Waals surface area contributed by atoms with Crippen molar-refractivity contribution in [3.63, 3.8) is 0 Å². The maximum Gasteiger partial charge on any atom is 0.158 e. The standard InChI is InChI=1S/C15H32O2/c1-13(2,3)10-11(14(4,5)6)12(16)17-15(7,8)9/h11-12,16H,10H2,1-9H3. The third kappa shape index (κ3) is 7.77. The molecule has 0 aliphatic rings. The molecule has 0 amide bonds. The molecule has 0 fully saturated rings. The summed E-state index contributed by atoms with van der Waals surface area (Å²) in [7, 11) is 0. The van der Waals surface area contributed by atoms with Crippen molar-refractivity contribution in [2.45, 2.75) is 80.6 Å². The largest absolute Gasteiger partial charge is 0.368 e. The van der Waals surface area contributed by atoms with Crippen LogP contribution in [0, 0.1) is 16.7 Å². The molecular weight excluding hydrogens is 212 g/mol. The first-order valence-corrected chi connectivity index (χ1v) is 6.58. The Kier molecular flexibility index (Phi) is 5.25. The molecule has 0 saturated carbocycles. The highest BCUT2D eigenvalue weighted by Crippen LogP contribution is 2.39. The van der Waals surface area contributed by atoms with Crippen LogP contribution in [0.25, 0.3) is 0 Å². The number of ether oxygens (including phenoxy) is 1. The molecule has 2 unspecified atom stereocenters. The summed E-state index contributed by atoms with van der Waals surface area (Å²) >= 11 is 0. The molecule has 0 aliphatic heterocycles. The molecule has 0 spiro atoms. The van der Waals surface area contributed by atoms with E-state index in [1.807, 2.05) is 20.8 Å². The molecule has 2 heteroatoms. The summed E-state index contributed by atoms with van der Waals surface area (Å²) in [6.07, 6.45) is 0.252. The summed E-state index contributed by atoms with van der Waals surface area (Å²) in [5.74, 6) is 0.140. The van der Waals surface area contributed by atoms with Gasteiger partial charge in [0.05, 0.1) is 5.60 Å². The van der Waals surface area contributed by atoms with Crippen molar-refractivity contribution >= 4 is 0 Å². The lowest BCUT2D eigenvalue weighted by Crippen LogP contribution is -2.40. The minimum Gasteiger partial charge on any atom is -0.368 e. The molecular formula is C15H32O2. The van der Waals surface area contributed by atoms with Crippen molar-refractivity contribution in [1.29, 1.82) is 0 Å². The summed E-state index contributed by atoms with van der Waals surface area (Å²) < 4.78 is 5.73. The number of aliphatic hydroxyl groups excluding tert-OH is 1. The highest BCUT2D eigenvalue weighted by molar-refractivity contribution is 4.82. The second-order valence-electron chi connectivity index (χ2n) is 8.36. The van der Waals surface area contributed by atoms with Gasteiger partial charge in [-0.05, 0) is 38.0 Å². The molecule has 0 heterocycles. The first-order chi connectivity index (χ1) is 7.22. The van der Waals surface area contributed by atoms with E-state index in [1.165, 1.54) is 0 Å². The fraction of sp³-hybridized carbons (Fsp3) is 1.00. The van der Waals surface area contributed by atoms with E-state index in [2.05, 4.69) is 41.5 Å². The third-order valence-corrected chi connectivity index (χ3v) is 2.76. The van der Waals surface area contributed by atoms with Crippen LogP contribution in [0.4, 0.5) is 0 Å². The van der Waals surface area contributed by atoms with E-state index >= 15 is 0 Å². The zero-order chi connectivity index (χ0) is 14.1. The molecule has 0 aromatic heterocycles. The van der Waals surface area contributed by atoms with E-state index in [0.717, 1.165) is 6.42 Å². The number of aliphatic hydroxyl groups is 1. The summed E-state index contributed by atoms with van der Waals surface area (Å²) in [4.78, 5) is 0. The van der Waals surface area contributed by atoms with Crippen LogP contribution in [0.3, 0.4) is 0 Å². The molecule has 2 nitrogen and oxygen atoms in total. The van der Waals surface area contributed by atoms with Crippen LogP contribution >= 0.6 is 0 Å². The molecule has 2 atom stereocenters. The van der Waals surface area contributed by atoms with Crippen molar-refractivity contribution < 1.29 is 9.84 Å². The van der Waals surface area contributed by atoms with Crippen molar-refractivity contribution in [1.82, 2.24) is 0 Å². The van der Waals surface area contributed by atoms with Crippen LogP contribution in [0.1, 0.15) is 68.7 Å². The summed E-state index contributed by atoms with van der Waals surface area (Å²) in [5, 5.41) is 10.3. The zero-order valence-corrected chi connectivity index (χ0v) is 13.2. The number of hydrogen-bond donors (Lipinski definition) is 1. The lowest BCUT2D eigenvalue weighted by Gasteiger charge is -2.40. The fourth-order valence-corrected chi connectivity index (χ4v) is 1.94. The van der Waals surface area contributed by atoms with Gasteiger partial charge >= 0.3 is 0 Å². The van der Waals surface area contributed by atoms with Crippen molar-refractivity contribution in [2.24, 2.45) is 16.7 Å². The Morgan fingerprint density at radius 2 is 1.29 bits per heavy atom. The SMILES string of the molecule is CC(C)(C)CC(C(O)OC(C)(C)C)C(C)(C)C. The normalized spacial score (nSPS) is 18.0. The fourth-order valence-electron chi connectivity index (χ4n) is 1.94. The van der Waals surface area contributed by atoms with E-state index in [4.69, 9.17) is 4.74 Å². The first-order valence-electron chi connectivity index (χ1n) is 6.58. The van der Waals surface area contributed by atoms with Crippen molar-refractivity contribution in [3.8, 4) is 0 Å². The van der Waals surface area contributed by atoms with Crippen LogP contribution in [-0.4, -0.2) is 17.0 Å². The van der Waals surface area contributed by atoms with Crippen LogP contribution in [-0.2, 0) is 4.74 Å². The Hall–Kier alpha value is -0.0800. The van der Waals surface area contributed by atoms with Gasteiger partial charge in [0.25, 0.3) is 0 Å². The van der Waals surface area contributed by atoms with Gasteiger partial charge in [0, 0.05) is 5.92 Å². The molecule has 0 bridgehead atoms. The molecule has 0 radical (unpaired) electrons. The second-order valence-corrected chi connectivity index (χ2v) is 8.36. The average Bonchev–Trinajstić information content (AvgIpc) is 1.92. The van der Waals surface area contributed by atoms with Gasteiger partial charge in [0.2, 0.25) is 0 Å². The first kappa shape index (κ1) is 16.9. The monoisotopic (exact) mass is 244 g/mol. The molecule has 0 saturated heterocycles. The minimum absolute atomic E-state index is 0.0396. The number of hydrogen-bond acceptors (Lipinski definition) is 2. The molecule has 0 aromatic rings. The van der Waals surface area contributed by atoms with Crippen molar-refractivity contribution in [2.75, 3.05) is 0 Å². The molecule has 1 N–H and O–H groups in total. The van der Waals surface area contributed by atoms with Crippen LogP contribution in [0.15, 0.2) is 0 Å². The Morgan fingerprint density at radius 1 is 0.882 bits per heavy atom. The van der Waals surface area contributed by atoms with Crippen molar-refractivity contribution in [3.05, 3.63) is 0 Å². The van der Waals surface area contributed by atoms with E-state index < -0.39 is 6.29 Å². The van der Waals surface area contributed by atoms with Gasteiger partial charge < -0.3 is 9.84 Å². The van der Waals surface area contributed by atoms with Crippen LogP contribution in [0.5, 0.6) is 0 Å². The van der Waals surface area contributed by atoms with Gasteiger partial charge in [0.15, 0.2) is 6.29 Å². The number of rotatable bonds is 3. The van der Waals surface area contributed by atoms with Gasteiger partial charge in [-0.15, -0.1) is 0 Å². The van der Waals surface area contributed by atoms with E-state index in [0.29, 0.717) is 0 Å². The predicted molar refractivity (Wildman–Crippen MR) is 73.9 cm³/mol. The second kappa shape index (κ2) is 5.27. The van der Waals surface area contributed by atoms with Gasteiger partial charge in [-0.2, -0.15) is 0 Å². The summed E-state index contributed by atoms with van der Waals surface area (Å²) in [6, 6.07) is 0.